The fraction of sp³-hybridized carbons (Fsp3) is 0.500. The smallest absolute Gasteiger partial charge is 0.371 e. The molecule has 0 N–H and O–H groups in total. The number of hydrogen-bond donors (Lipinski definition) is 0. The van der Waals surface area contributed by atoms with Gasteiger partial charge in [0.1, 0.15) is 0 Å². The van der Waals surface area contributed by atoms with Crippen LogP contribution >= 0.6 is 0 Å². The maximum absolute atomic E-state index is 4.02. The van der Waals surface area contributed by atoms with Crippen molar-refractivity contribution in [1.82, 2.24) is 9.97 Å². The maximum Gasteiger partial charge on any atom is 1.00 e. The monoisotopic (exact) mass is 237 g/mol. The Labute approximate surface area is 80.2 Å². The van der Waals surface area contributed by atoms with Gasteiger partial charge >= 0.3 is 19.5 Å². The second-order valence-electron chi connectivity index (χ2n) is 2.33. The zero-order chi connectivity index (χ0) is 7.56. The number of nitrogens with zero attached hydrogens (tertiary/aromatic N) is 2. The molecule has 11 heavy (non-hydrogen) atoms. The first-order valence-electron chi connectivity index (χ1n) is 3.46. The van der Waals surface area contributed by atoms with Crippen LogP contribution in [0.4, 0.5) is 0 Å². The van der Waals surface area contributed by atoms with Crippen LogP contribution < -0.4 is 0 Å². The van der Waals surface area contributed by atoms with Gasteiger partial charge in [-0.1, -0.05) is 38.6 Å². The van der Waals surface area contributed by atoms with E-state index in [1.165, 1.54) is 5.56 Å². The van der Waals surface area contributed by atoms with Crippen LogP contribution in [0.25, 0.3) is 0 Å². The van der Waals surface area contributed by atoms with Crippen molar-refractivity contribution in [1.29, 1.82) is 0 Å². The van der Waals surface area contributed by atoms with Crippen molar-refractivity contribution in [2.45, 2.75) is 27.2 Å². The van der Waals surface area contributed by atoms with Crippen molar-refractivity contribution < 1.29 is 19.5 Å². The Morgan fingerprint density at radius 3 is 2.36 bits per heavy atom. The van der Waals surface area contributed by atoms with Gasteiger partial charge in [-0.2, -0.15) is 0 Å². The van der Waals surface area contributed by atoms with Crippen LogP contribution in [0.2, 0.25) is 0 Å². The Hall–Kier alpha value is -0.297. The van der Waals surface area contributed by atoms with Crippen LogP contribution in [0.1, 0.15) is 23.9 Å². The largest absolute Gasteiger partial charge is 1.00 e. The summed E-state index contributed by atoms with van der Waals surface area (Å²) in [5.41, 5.74) is 3.33. The number of rotatable bonds is 1. The SMILES string of the molecule is CCc1n[c-]nc(C)c1C.[Ru+]. The van der Waals surface area contributed by atoms with E-state index < -0.39 is 0 Å². The van der Waals surface area contributed by atoms with E-state index >= 15 is 0 Å². The van der Waals surface area contributed by atoms with Gasteiger partial charge in [-0.25, -0.2) is 0 Å². The van der Waals surface area contributed by atoms with Crippen molar-refractivity contribution in [3.05, 3.63) is 23.3 Å². The van der Waals surface area contributed by atoms with Gasteiger partial charge in [0.2, 0.25) is 0 Å². The van der Waals surface area contributed by atoms with Gasteiger partial charge in [-0.15, -0.1) is 5.56 Å². The van der Waals surface area contributed by atoms with Crippen LogP contribution in [0.3, 0.4) is 0 Å². The summed E-state index contributed by atoms with van der Waals surface area (Å²) in [6, 6.07) is 0. The molecule has 0 aliphatic heterocycles. The number of aromatic nitrogens is 2. The quantitative estimate of drug-likeness (QED) is 0.545. The minimum atomic E-state index is 0. The number of hydrogen-bond acceptors (Lipinski definition) is 2. The van der Waals surface area contributed by atoms with Crippen LogP contribution in [-0.4, -0.2) is 9.97 Å². The molecule has 0 aromatic carbocycles. The minimum absolute atomic E-state index is 0. The molecule has 0 amide bonds. The molecule has 0 aliphatic rings. The first-order chi connectivity index (χ1) is 4.75. The maximum atomic E-state index is 4.02. The van der Waals surface area contributed by atoms with Crippen molar-refractivity contribution >= 4 is 0 Å². The third-order valence-corrected chi connectivity index (χ3v) is 1.71. The molecule has 1 radical (unpaired) electrons. The van der Waals surface area contributed by atoms with Crippen molar-refractivity contribution in [2.75, 3.05) is 0 Å². The fourth-order valence-electron chi connectivity index (χ4n) is 0.881. The van der Waals surface area contributed by atoms with Crippen LogP contribution in [-0.2, 0) is 25.9 Å². The molecule has 61 valence electrons. The predicted octanol–water partition coefficient (Wildman–Crippen LogP) is 1.45. The summed E-state index contributed by atoms with van der Waals surface area (Å²) in [6.45, 7) is 6.11. The molecule has 0 unspecified atom stereocenters. The first-order valence-corrected chi connectivity index (χ1v) is 3.46. The van der Waals surface area contributed by atoms with Crippen molar-refractivity contribution in [2.24, 2.45) is 0 Å². The number of aryl methyl sites for hydroxylation is 2. The second-order valence-corrected chi connectivity index (χ2v) is 2.33. The molecule has 0 aliphatic carbocycles. The Kier molecular flexibility index (Phi) is 4.43. The molecule has 1 rings (SSSR count). The van der Waals surface area contributed by atoms with E-state index in [0.717, 1.165) is 17.8 Å². The fourth-order valence-corrected chi connectivity index (χ4v) is 0.881. The van der Waals surface area contributed by atoms with Crippen LogP contribution in [0.5, 0.6) is 0 Å². The van der Waals surface area contributed by atoms with Gasteiger partial charge in [0.05, 0.1) is 0 Å². The summed E-state index contributed by atoms with van der Waals surface area (Å²) in [4.78, 5) is 7.97. The van der Waals surface area contributed by atoms with E-state index in [9.17, 15) is 0 Å². The van der Waals surface area contributed by atoms with E-state index in [0.29, 0.717) is 0 Å². The summed E-state index contributed by atoms with van der Waals surface area (Å²) in [5, 5.41) is 0. The molecule has 1 aromatic heterocycles. The van der Waals surface area contributed by atoms with E-state index in [1.807, 2.05) is 13.8 Å². The van der Waals surface area contributed by atoms with Gasteiger partial charge in [-0.05, 0) is 0 Å². The van der Waals surface area contributed by atoms with Gasteiger partial charge in [0.25, 0.3) is 0 Å². The zero-order valence-electron chi connectivity index (χ0n) is 6.96. The van der Waals surface area contributed by atoms with Gasteiger partial charge < -0.3 is 9.97 Å². The summed E-state index contributed by atoms with van der Waals surface area (Å²) in [7, 11) is 0. The molecule has 3 heteroatoms. The van der Waals surface area contributed by atoms with E-state index in [1.54, 1.807) is 0 Å². The standard InChI is InChI=1S/C8H11N2.Ru/c1-4-8-6(2)7(3)9-5-10-8;/h4H2,1-3H3;/q-1;+1. The molecule has 0 spiro atoms. The van der Waals surface area contributed by atoms with Gasteiger partial charge in [-0.3, -0.25) is 0 Å². The topological polar surface area (TPSA) is 25.8 Å². The van der Waals surface area contributed by atoms with Crippen LogP contribution in [0.15, 0.2) is 0 Å². The molecule has 0 saturated heterocycles. The molecular formula is C8H11N2Ru. The average molecular weight is 236 g/mol. The normalized spacial score (nSPS) is 9.00. The van der Waals surface area contributed by atoms with E-state index in [-0.39, 0.29) is 19.5 Å². The zero-order valence-corrected chi connectivity index (χ0v) is 8.69. The molecule has 1 heterocycles. The third kappa shape index (κ3) is 2.34. The second kappa shape index (κ2) is 4.55. The molecule has 0 saturated carbocycles. The Morgan fingerprint density at radius 2 is 1.91 bits per heavy atom. The molecule has 2 nitrogen and oxygen atoms in total. The third-order valence-electron chi connectivity index (χ3n) is 1.71. The average Bonchev–Trinajstić information content (AvgIpc) is 1.95. The van der Waals surface area contributed by atoms with Gasteiger partial charge in [0, 0.05) is 6.33 Å². The molecule has 0 bridgehead atoms. The summed E-state index contributed by atoms with van der Waals surface area (Å²) < 4.78 is 0. The first kappa shape index (κ1) is 10.7. The molecule has 0 fully saturated rings. The Balaban J connectivity index is 0.000001000. The van der Waals surface area contributed by atoms with Gasteiger partial charge in [0.15, 0.2) is 0 Å². The Morgan fingerprint density at radius 1 is 1.27 bits per heavy atom. The molecule has 1 aromatic rings. The van der Waals surface area contributed by atoms with E-state index in [2.05, 4.69) is 23.2 Å². The van der Waals surface area contributed by atoms with Crippen molar-refractivity contribution in [3.8, 4) is 0 Å². The molecular weight excluding hydrogens is 225 g/mol. The predicted molar refractivity (Wildman–Crippen MR) is 39.7 cm³/mol. The summed E-state index contributed by atoms with van der Waals surface area (Å²) in [5.74, 6) is 0. The van der Waals surface area contributed by atoms with Crippen molar-refractivity contribution in [3.63, 3.8) is 0 Å². The summed E-state index contributed by atoms with van der Waals surface area (Å²) in [6.07, 6.45) is 3.58. The summed E-state index contributed by atoms with van der Waals surface area (Å²) >= 11 is 0. The molecule has 0 atom stereocenters. The van der Waals surface area contributed by atoms with E-state index in [4.69, 9.17) is 0 Å². The Bertz CT molecular complexity index is 236. The minimum Gasteiger partial charge on any atom is -0.371 e. The van der Waals surface area contributed by atoms with Crippen LogP contribution in [0, 0.1) is 20.2 Å².